The first kappa shape index (κ1) is 29.3. The molecule has 0 N–H and O–H groups in total. The Morgan fingerprint density at radius 1 is 0.718 bits per heavy atom. The van der Waals surface area contributed by atoms with Crippen molar-refractivity contribution in [3.05, 3.63) is 46.8 Å². The molecule has 2 aromatic carbocycles. The Morgan fingerprint density at radius 3 is 1.72 bits per heavy atom. The first-order valence-corrected chi connectivity index (χ1v) is 12.9. The normalized spacial score (nSPS) is 12.5. The highest BCUT2D eigenvalue weighted by Gasteiger charge is 2.22. The molecule has 0 aliphatic heterocycles. The van der Waals surface area contributed by atoms with E-state index < -0.39 is 41.7 Å². The maximum Gasteiger partial charge on any atom is 0.344 e. The topological polar surface area (TPSA) is 135 Å². The summed E-state index contributed by atoms with van der Waals surface area (Å²) in [5.74, 6) is -2.67. The van der Waals surface area contributed by atoms with Gasteiger partial charge in [0.05, 0.1) is 18.2 Å². The van der Waals surface area contributed by atoms with E-state index in [1.807, 2.05) is 13.8 Å². The Kier molecular flexibility index (Phi) is 10.2. The molecule has 0 spiro atoms. The third-order valence-corrected chi connectivity index (χ3v) is 5.61. The van der Waals surface area contributed by atoms with Crippen molar-refractivity contribution in [2.24, 2.45) is 0 Å². The molecule has 10 nitrogen and oxygen atoms in total. The van der Waals surface area contributed by atoms with Gasteiger partial charge in [0.25, 0.3) is 0 Å². The lowest BCUT2D eigenvalue weighted by Crippen LogP contribution is -2.23. The number of carbonyl (C=O) groups is 4. The first-order valence-electron chi connectivity index (χ1n) is 12.9. The number of fused-ring (bicyclic) bond motifs is 3. The molecule has 0 aliphatic rings. The van der Waals surface area contributed by atoms with Crippen LogP contribution in [0, 0.1) is 0 Å². The Balaban J connectivity index is 1.90. The van der Waals surface area contributed by atoms with Crippen LogP contribution in [0.25, 0.3) is 21.7 Å². The number of para-hydroxylation sites is 1. The van der Waals surface area contributed by atoms with E-state index in [2.05, 4.69) is 0 Å². The molecule has 39 heavy (non-hydrogen) atoms. The van der Waals surface area contributed by atoms with E-state index in [1.165, 1.54) is 12.1 Å². The Hall–Kier alpha value is -4.21. The van der Waals surface area contributed by atoms with Gasteiger partial charge in [-0.2, -0.15) is 0 Å². The number of rotatable bonds is 12. The fraction of sp³-hybridized carbons (Fsp3) is 0.414. The fourth-order valence-corrected chi connectivity index (χ4v) is 3.90. The minimum absolute atomic E-state index is 0.112. The molecule has 2 atom stereocenters. The van der Waals surface area contributed by atoms with Crippen LogP contribution in [0.2, 0.25) is 0 Å². The van der Waals surface area contributed by atoms with E-state index in [1.54, 1.807) is 38.1 Å². The Labute approximate surface area is 225 Å². The van der Waals surface area contributed by atoms with Gasteiger partial charge in [-0.3, -0.25) is 19.2 Å². The molecule has 0 saturated carbocycles. The molecule has 1 aromatic heterocycles. The minimum Gasteiger partial charge on any atom is -0.462 e. The maximum atomic E-state index is 12.7. The van der Waals surface area contributed by atoms with Crippen molar-refractivity contribution in [3.8, 4) is 11.5 Å². The van der Waals surface area contributed by atoms with Crippen molar-refractivity contribution in [2.75, 3.05) is 0 Å². The highest BCUT2D eigenvalue weighted by molar-refractivity contribution is 6.05. The van der Waals surface area contributed by atoms with E-state index in [-0.39, 0.29) is 42.6 Å². The Morgan fingerprint density at radius 2 is 1.21 bits per heavy atom. The Bertz CT molecular complexity index is 1420. The van der Waals surface area contributed by atoms with Crippen molar-refractivity contribution < 1.29 is 42.5 Å². The van der Waals surface area contributed by atoms with Gasteiger partial charge in [-0.15, -0.1) is 0 Å². The van der Waals surface area contributed by atoms with Gasteiger partial charge in [-0.05, 0) is 44.9 Å². The molecular weight excluding hydrogens is 508 g/mol. The number of hydrogen-bond acceptors (Lipinski definition) is 10. The molecule has 3 aromatic rings. The smallest absolute Gasteiger partial charge is 0.344 e. The third kappa shape index (κ3) is 8.13. The van der Waals surface area contributed by atoms with Crippen LogP contribution < -0.4 is 15.1 Å². The van der Waals surface area contributed by atoms with Gasteiger partial charge >= 0.3 is 29.5 Å². The molecule has 0 amide bonds. The molecule has 3 rings (SSSR count). The molecule has 0 radical (unpaired) electrons. The SMILES string of the molecule is CCCC(=O)O[C@H](C)CC(=O)Oc1cc2c(=O)oc3ccccc3c2cc1OC(=O)C[C@@H](C)OC(=O)CCC. The molecule has 0 saturated heterocycles. The molecule has 1 heterocycles. The zero-order chi connectivity index (χ0) is 28.5. The molecule has 10 heteroatoms. The zero-order valence-corrected chi connectivity index (χ0v) is 22.4. The average molecular weight is 541 g/mol. The van der Waals surface area contributed by atoms with Gasteiger partial charge in [0.1, 0.15) is 17.8 Å². The second-order valence-electron chi connectivity index (χ2n) is 9.19. The van der Waals surface area contributed by atoms with Gasteiger partial charge in [-0.1, -0.05) is 32.0 Å². The summed E-state index contributed by atoms with van der Waals surface area (Å²) in [5.41, 5.74) is -0.339. The van der Waals surface area contributed by atoms with E-state index >= 15 is 0 Å². The van der Waals surface area contributed by atoms with Crippen molar-refractivity contribution in [3.63, 3.8) is 0 Å². The second kappa shape index (κ2) is 13.5. The summed E-state index contributed by atoms with van der Waals surface area (Å²) in [4.78, 5) is 61.6. The quantitative estimate of drug-likeness (QED) is 0.134. The van der Waals surface area contributed by atoms with E-state index in [9.17, 15) is 24.0 Å². The molecule has 0 aliphatic carbocycles. The van der Waals surface area contributed by atoms with Crippen LogP contribution >= 0.6 is 0 Å². The van der Waals surface area contributed by atoms with Crippen molar-refractivity contribution >= 4 is 45.6 Å². The van der Waals surface area contributed by atoms with Gasteiger partial charge in [0, 0.05) is 23.6 Å². The standard InChI is InChI=1S/C29H32O10/c1-5-9-25(30)35-17(3)13-27(32)37-23-15-20-19-11-7-8-12-22(19)39-29(34)21(20)16-24(23)38-28(33)14-18(4)36-26(31)10-6-2/h7-8,11-12,15-18H,5-6,9-10,13-14H2,1-4H3/t17-,18-/m1/s1. The van der Waals surface area contributed by atoms with E-state index in [4.69, 9.17) is 23.4 Å². The monoisotopic (exact) mass is 540 g/mol. The predicted molar refractivity (Wildman–Crippen MR) is 141 cm³/mol. The van der Waals surface area contributed by atoms with Gasteiger partial charge in [-0.25, -0.2) is 4.79 Å². The summed E-state index contributed by atoms with van der Waals surface area (Å²) in [5, 5.41) is 1.12. The number of carbonyl (C=O) groups excluding carboxylic acids is 4. The van der Waals surface area contributed by atoms with Crippen LogP contribution in [0.3, 0.4) is 0 Å². The van der Waals surface area contributed by atoms with E-state index in [0.717, 1.165) is 0 Å². The highest BCUT2D eigenvalue weighted by atomic mass is 16.6. The molecule has 0 bridgehead atoms. The van der Waals surface area contributed by atoms with Crippen molar-refractivity contribution in [1.82, 2.24) is 0 Å². The lowest BCUT2D eigenvalue weighted by atomic mass is 10.1. The van der Waals surface area contributed by atoms with Crippen molar-refractivity contribution in [2.45, 2.75) is 78.4 Å². The summed E-state index contributed by atoms with van der Waals surface area (Å²) in [6.07, 6.45) is -0.340. The van der Waals surface area contributed by atoms with E-state index in [0.29, 0.717) is 29.2 Å². The lowest BCUT2D eigenvalue weighted by molar-refractivity contribution is -0.153. The average Bonchev–Trinajstić information content (AvgIpc) is 2.84. The second-order valence-corrected chi connectivity index (χ2v) is 9.19. The van der Waals surface area contributed by atoms with Crippen LogP contribution in [-0.2, 0) is 28.7 Å². The molecule has 0 unspecified atom stereocenters. The molecule has 208 valence electrons. The highest BCUT2D eigenvalue weighted by Crippen LogP contribution is 2.35. The largest absolute Gasteiger partial charge is 0.462 e. The number of benzene rings is 2. The fourth-order valence-electron chi connectivity index (χ4n) is 3.90. The van der Waals surface area contributed by atoms with Crippen LogP contribution in [0.15, 0.2) is 45.6 Å². The number of ether oxygens (including phenoxy) is 4. The molecule has 0 fully saturated rings. The van der Waals surface area contributed by atoms with Crippen LogP contribution in [0.5, 0.6) is 11.5 Å². The number of esters is 4. The van der Waals surface area contributed by atoms with Gasteiger partial charge < -0.3 is 23.4 Å². The minimum atomic E-state index is -0.768. The summed E-state index contributed by atoms with van der Waals surface area (Å²) >= 11 is 0. The first-order chi connectivity index (χ1) is 18.6. The molecular formula is C29H32O10. The van der Waals surface area contributed by atoms with Gasteiger partial charge in [0.15, 0.2) is 11.5 Å². The van der Waals surface area contributed by atoms with Crippen LogP contribution in [-0.4, -0.2) is 36.1 Å². The zero-order valence-electron chi connectivity index (χ0n) is 22.4. The maximum absolute atomic E-state index is 12.7. The number of hydrogen-bond donors (Lipinski definition) is 0. The third-order valence-electron chi connectivity index (χ3n) is 5.61. The summed E-state index contributed by atoms with van der Waals surface area (Å²) in [6.45, 7) is 6.79. The van der Waals surface area contributed by atoms with Crippen LogP contribution in [0.4, 0.5) is 0 Å². The summed E-state index contributed by atoms with van der Waals surface area (Å²) in [6, 6.07) is 9.53. The summed E-state index contributed by atoms with van der Waals surface area (Å²) in [7, 11) is 0. The lowest BCUT2D eigenvalue weighted by Gasteiger charge is -2.16. The van der Waals surface area contributed by atoms with Gasteiger partial charge in [0.2, 0.25) is 0 Å². The predicted octanol–water partition coefficient (Wildman–Crippen LogP) is 5.00. The van der Waals surface area contributed by atoms with Crippen molar-refractivity contribution in [1.29, 1.82) is 0 Å². The van der Waals surface area contributed by atoms with Crippen LogP contribution in [0.1, 0.15) is 66.2 Å². The summed E-state index contributed by atoms with van der Waals surface area (Å²) < 4.78 is 26.8.